The van der Waals surface area contributed by atoms with Crippen molar-refractivity contribution in [3.63, 3.8) is 0 Å². The largest absolute Gasteiger partial charge is 0.514 e. The first-order valence-electron chi connectivity index (χ1n) is 8.02. The number of nitrogens with one attached hydrogen (secondary N) is 1. The summed E-state index contributed by atoms with van der Waals surface area (Å²) in [4.78, 5) is 57.1. The van der Waals surface area contributed by atoms with Gasteiger partial charge in [0, 0.05) is 23.5 Å². The zero-order valence-corrected chi connectivity index (χ0v) is 15.3. The Balaban J connectivity index is 1.65. The van der Waals surface area contributed by atoms with E-state index in [2.05, 4.69) is 5.32 Å². The molecule has 0 unspecified atom stereocenters. The van der Waals surface area contributed by atoms with Crippen LogP contribution in [0.5, 0.6) is 5.75 Å². The Kier molecular flexibility index (Phi) is 5.68. The van der Waals surface area contributed by atoms with E-state index in [1.54, 1.807) is 0 Å². The lowest BCUT2D eigenvalue weighted by Gasteiger charge is -2.48. The number of hydrogen-bond donors (Lipinski definition) is 2. The van der Waals surface area contributed by atoms with Crippen LogP contribution in [0, 0.1) is 10.1 Å². The molecular formula is C16H13N3O9S. The third kappa shape index (κ3) is 3.99. The average Bonchev–Trinajstić information content (AvgIpc) is 2.69. The van der Waals surface area contributed by atoms with Crippen molar-refractivity contribution in [1.29, 1.82) is 0 Å². The first kappa shape index (κ1) is 20.1. The van der Waals surface area contributed by atoms with E-state index in [9.17, 15) is 34.4 Å². The Morgan fingerprint density at radius 2 is 2.07 bits per heavy atom. The number of nitro benzene ring substituents is 1. The summed E-state index contributed by atoms with van der Waals surface area (Å²) in [6, 6.07) is 3.90. The normalized spacial score (nSPS) is 20.3. The van der Waals surface area contributed by atoms with E-state index < -0.39 is 41.0 Å². The maximum absolute atomic E-state index is 12.1. The number of nitro groups is 1. The van der Waals surface area contributed by atoms with Gasteiger partial charge in [-0.15, -0.1) is 11.8 Å². The molecular weight excluding hydrogens is 410 g/mol. The zero-order chi connectivity index (χ0) is 21.1. The molecule has 2 amide bonds. The van der Waals surface area contributed by atoms with Crippen LogP contribution in [-0.2, 0) is 19.1 Å². The lowest BCUT2D eigenvalue weighted by molar-refractivity contribution is -0.384. The van der Waals surface area contributed by atoms with E-state index in [0.29, 0.717) is 6.41 Å². The van der Waals surface area contributed by atoms with Crippen LogP contribution >= 0.6 is 11.8 Å². The molecule has 2 atom stereocenters. The molecule has 2 N–H and O–H groups in total. The smallest absolute Gasteiger partial charge is 0.477 e. The molecule has 152 valence electrons. The lowest BCUT2D eigenvalue weighted by Crippen LogP contribution is -2.69. The van der Waals surface area contributed by atoms with E-state index in [0.717, 1.165) is 17.0 Å². The molecule has 2 aliphatic heterocycles. The van der Waals surface area contributed by atoms with Gasteiger partial charge in [0.2, 0.25) is 6.41 Å². The van der Waals surface area contributed by atoms with Gasteiger partial charge in [-0.25, -0.2) is 9.59 Å². The molecule has 0 aliphatic carbocycles. The van der Waals surface area contributed by atoms with Crippen molar-refractivity contribution in [3.05, 3.63) is 45.6 Å². The number of carboxylic acid groups (broad SMARTS) is 1. The van der Waals surface area contributed by atoms with Crippen LogP contribution in [-0.4, -0.2) is 63.1 Å². The number of nitrogens with zero attached hydrogens (tertiary/aromatic N) is 2. The highest BCUT2D eigenvalue weighted by Gasteiger charge is 2.53. The SMILES string of the molecule is O=CN[C@@H]1C(=O)N2C(C(=O)O)=C(COC(=O)Oc3ccc([N+](=O)[O-])cc3)CS[C@H]12. The lowest BCUT2D eigenvalue weighted by atomic mass is 10.0. The number of benzene rings is 1. The van der Waals surface area contributed by atoms with Gasteiger partial charge in [0.1, 0.15) is 29.5 Å². The highest BCUT2D eigenvalue weighted by molar-refractivity contribution is 8.00. The van der Waals surface area contributed by atoms with Crippen molar-refractivity contribution in [2.45, 2.75) is 11.4 Å². The van der Waals surface area contributed by atoms with Crippen molar-refractivity contribution in [2.75, 3.05) is 12.4 Å². The number of carboxylic acids is 1. The van der Waals surface area contributed by atoms with Gasteiger partial charge >= 0.3 is 12.1 Å². The fourth-order valence-corrected chi connectivity index (χ4v) is 4.13. The summed E-state index contributed by atoms with van der Waals surface area (Å²) in [7, 11) is 0. The second kappa shape index (κ2) is 8.18. The van der Waals surface area contributed by atoms with Gasteiger partial charge in [0.05, 0.1) is 4.92 Å². The van der Waals surface area contributed by atoms with Gasteiger partial charge in [-0.3, -0.25) is 24.6 Å². The monoisotopic (exact) mass is 423 g/mol. The number of β-lactam (4-membered cyclic amide) rings is 1. The molecule has 0 saturated carbocycles. The first-order chi connectivity index (χ1) is 13.8. The van der Waals surface area contributed by atoms with Crippen molar-refractivity contribution in [2.24, 2.45) is 0 Å². The van der Waals surface area contributed by atoms with E-state index in [4.69, 9.17) is 9.47 Å². The van der Waals surface area contributed by atoms with Gasteiger partial charge < -0.3 is 19.9 Å². The number of amides is 2. The molecule has 1 fully saturated rings. The predicted molar refractivity (Wildman–Crippen MR) is 95.8 cm³/mol. The summed E-state index contributed by atoms with van der Waals surface area (Å²) >= 11 is 1.22. The number of ether oxygens (including phenoxy) is 2. The minimum atomic E-state index is -1.37. The molecule has 1 aromatic rings. The first-order valence-corrected chi connectivity index (χ1v) is 9.07. The zero-order valence-electron chi connectivity index (χ0n) is 14.5. The molecule has 2 aliphatic rings. The third-order valence-corrected chi connectivity index (χ3v) is 5.45. The van der Waals surface area contributed by atoms with Crippen molar-refractivity contribution in [3.8, 4) is 5.75 Å². The Morgan fingerprint density at radius 3 is 2.66 bits per heavy atom. The molecule has 1 aromatic carbocycles. The van der Waals surface area contributed by atoms with E-state index in [-0.39, 0.29) is 28.5 Å². The van der Waals surface area contributed by atoms with Crippen molar-refractivity contribution >= 4 is 41.9 Å². The van der Waals surface area contributed by atoms with Crippen LogP contribution in [0.1, 0.15) is 0 Å². The highest BCUT2D eigenvalue weighted by Crippen LogP contribution is 2.40. The minimum absolute atomic E-state index is 0.00632. The Morgan fingerprint density at radius 1 is 1.38 bits per heavy atom. The fourth-order valence-electron chi connectivity index (χ4n) is 2.80. The van der Waals surface area contributed by atoms with Crippen LogP contribution in [0.15, 0.2) is 35.5 Å². The summed E-state index contributed by atoms with van der Waals surface area (Å²) in [5, 5.41) is 21.9. The molecule has 0 bridgehead atoms. The number of hydrogen-bond acceptors (Lipinski definition) is 9. The molecule has 3 rings (SSSR count). The summed E-state index contributed by atoms with van der Waals surface area (Å²) in [5.41, 5.74) is -0.291. The second-order valence-electron chi connectivity index (χ2n) is 5.82. The van der Waals surface area contributed by atoms with Crippen molar-refractivity contribution in [1.82, 2.24) is 10.2 Å². The molecule has 2 heterocycles. The summed E-state index contributed by atoms with van der Waals surface area (Å²) in [6.07, 6.45) is -0.768. The Labute approximate surface area is 166 Å². The Hall–Kier alpha value is -3.61. The van der Waals surface area contributed by atoms with Crippen LogP contribution in [0.4, 0.5) is 10.5 Å². The molecule has 29 heavy (non-hydrogen) atoms. The van der Waals surface area contributed by atoms with Gasteiger partial charge in [0.25, 0.3) is 11.6 Å². The van der Waals surface area contributed by atoms with Crippen molar-refractivity contribution < 1.29 is 38.7 Å². The van der Waals surface area contributed by atoms with Crippen LogP contribution in [0.2, 0.25) is 0 Å². The summed E-state index contributed by atoms with van der Waals surface area (Å²) in [6.45, 7) is -0.428. The predicted octanol–water partition coefficient (Wildman–Crippen LogP) is 0.479. The maximum atomic E-state index is 12.1. The highest BCUT2D eigenvalue weighted by atomic mass is 32.2. The molecule has 12 nitrogen and oxygen atoms in total. The molecule has 0 aromatic heterocycles. The minimum Gasteiger partial charge on any atom is -0.477 e. The molecule has 1 saturated heterocycles. The number of carbonyl (C=O) groups excluding carboxylic acids is 3. The van der Waals surface area contributed by atoms with Crippen LogP contribution in [0.25, 0.3) is 0 Å². The number of rotatable bonds is 7. The quantitative estimate of drug-likeness (QED) is 0.157. The maximum Gasteiger partial charge on any atom is 0.514 e. The number of non-ortho nitro benzene ring substituents is 1. The molecule has 0 radical (unpaired) electrons. The van der Waals surface area contributed by atoms with Gasteiger partial charge in [-0.2, -0.15) is 0 Å². The number of carbonyl (C=O) groups is 4. The second-order valence-corrected chi connectivity index (χ2v) is 6.93. The van der Waals surface area contributed by atoms with Gasteiger partial charge in [0.15, 0.2) is 0 Å². The number of thioether (sulfide) groups is 1. The van der Waals surface area contributed by atoms with Gasteiger partial charge in [-0.05, 0) is 12.1 Å². The topological polar surface area (TPSA) is 165 Å². The third-order valence-electron chi connectivity index (χ3n) is 4.11. The molecule has 0 spiro atoms. The average molecular weight is 423 g/mol. The molecule has 13 heteroatoms. The standard InChI is InChI=1S/C16H13N3O9S/c20-7-17-11-13(21)18-12(15(22)23)8(6-29-14(11)18)5-27-16(24)28-10-3-1-9(2-4-10)19(25)26/h1-4,7,11,14H,5-6H2,(H,17,20)(H,22,23)/t11-,14-/m1/s1. The summed E-state index contributed by atoms with van der Waals surface area (Å²) in [5.74, 6) is -1.77. The Bertz CT molecular complexity index is 915. The van der Waals surface area contributed by atoms with E-state index >= 15 is 0 Å². The van der Waals surface area contributed by atoms with Gasteiger partial charge in [-0.1, -0.05) is 0 Å². The fraction of sp³-hybridized carbons (Fsp3) is 0.250. The van der Waals surface area contributed by atoms with Crippen LogP contribution in [0.3, 0.4) is 0 Å². The number of fused-ring (bicyclic) bond motifs is 1. The summed E-state index contributed by atoms with van der Waals surface area (Å²) < 4.78 is 9.80. The van der Waals surface area contributed by atoms with E-state index in [1.807, 2.05) is 0 Å². The number of aliphatic carboxylic acids is 1. The van der Waals surface area contributed by atoms with Crippen LogP contribution < -0.4 is 10.1 Å². The van der Waals surface area contributed by atoms with E-state index in [1.165, 1.54) is 23.9 Å².